The Labute approximate surface area is 157 Å². The Bertz CT molecular complexity index is 500. The number of piperazine rings is 1. The molecule has 0 aromatic heterocycles. The van der Waals surface area contributed by atoms with Crippen molar-refractivity contribution < 1.29 is 9.18 Å². The SMILES string of the molecule is CCN(CC)C(=O)N1CCN(CCCCc2ccc(F)cc2)CC1.Cl. The summed E-state index contributed by atoms with van der Waals surface area (Å²) < 4.78 is 12.9. The maximum Gasteiger partial charge on any atom is 0.320 e. The van der Waals surface area contributed by atoms with Gasteiger partial charge in [-0.05, 0) is 57.4 Å². The van der Waals surface area contributed by atoms with Crippen LogP contribution in [0.5, 0.6) is 0 Å². The molecule has 0 atom stereocenters. The van der Waals surface area contributed by atoms with Crippen molar-refractivity contribution in [2.45, 2.75) is 33.1 Å². The molecule has 0 bridgehead atoms. The minimum atomic E-state index is -0.170. The van der Waals surface area contributed by atoms with E-state index in [1.807, 2.05) is 35.8 Å². The highest BCUT2D eigenvalue weighted by atomic mass is 35.5. The molecular weight excluding hydrogens is 341 g/mol. The molecule has 0 saturated carbocycles. The first-order valence-corrected chi connectivity index (χ1v) is 9.14. The molecular formula is C19H31ClFN3O. The lowest BCUT2D eigenvalue weighted by molar-refractivity contribution is 0.114. The van der Waals surface area contributed by atoms with Crippen LogP contribution in [0.1, 0.15) is 32.3 Å². The van der Waals surface area contributed by atoms with Crippen LogP contribution in [-0.2, 0) is 6.42 Å². The van der Waals surface area contributed by atoms with Gasteiger partial charge in [0.05, 0.1) is 0 Å². The third kappa shape index (κ3) is 6.83. The van der Waals surface area contributed by atoms with Crippen LogP contribution in [0, 0.1) is 5.82 Å². The number of urea groups is 1. The second kappa shape index (κ2) is 11.3. The highest BCUT2D eigenvalue weighted by molar-refractivity contribution is 5.85. The minimum absolute atomic E-state index is 0. The summed E-state index contributed by atoms with van der Waals surface area (Å²) in [5, 5.41) is 0. The number of nitrogens with zero attached hydrogens (tertiary/aromatic N) is 3. The molecule has 1 aliphatic heterocycles. The number of rotatable bonds is 7. The number of aryl methyl sites for hydroxylation is 1. The number of carbonyl (C=O) groups excluding carboxylic acids is 1. The maximum absolute atomic E-state index is 12.9. The van der Waals surface area contributed by atoms with Crippen molar-refractivity contribution in [1.29, 1.82) is 0 Å². The molecule has 2 rings (SSSR count). The van der Waals surface area contributed by atoms with Crippen LogP contribution >= 0.6 is 12.4 Å². The zero-order valence-corrected chi connectivity index (χ0v) is 16.2. The van der Waals surface area contributed by atoms with Crippen molar-refractivity contribution in [1.82, 2.24) is 14.7 Å². The summed E-state index contributed by atoms with van der Waals surface area (Å²) in [6, 6.07) is 6.97. The zero-order chi connectivity index (χ0) is 17.4. The fourth-order valence-corrected chi connectivity index (χ4v) is 3.17. The van der Waals surface area contributed by atoms with Crippen LogP contribution < -0.4 is 0 Å². The van der Waals surface area contributed by atoms with E-state index in [0.717, 1.165) is 65.1 Å². The third-order valence-corrected chi connectivity index (χ3v) is 4.78. The van der Waals surface area contributed by atoms with Crippen LogP contribution in [0.25, 0.3) is 0 Å². The van der Waals surface area contributed by atoms with Crippen molar-refractivity contribution in [2.75, 3.05) is 45.8 Å². The van der Waals surface area contributed by atoms with Crippen molar-refractivity contribution in [3.05, 3.63) is 35.6 Å². The van der Waals surface area contributed by atoms with Crippen LogP contribution in [0.4, 0.5) is 9.18 Å². The maximum atomic E-state index is 12.9. The van der Waals surface area contributed by atoms with E-state index in [4.69, 9.17) is 0 Å². The molecule has 6 heteroatoms. The Balaban J connectivity index is 0.00000312. The van der Waals surface area contributed by atoms with Gasteiger partial charge in [-0.15, -0.1) is 12.4 Å². The van der Waals surface area contributed by atoms with E-state index in [1.165, 1.54) is 17.7 Å². The van der Waals surface area contributed by atoms with Crippen LogP contribution in [0.15, 0.2) is 24.3 Å². The minimum Gasteiger partial charge on any atom is -0.325 e. The monoisotopic (exact) mass is 371 g/mol. The molecule has 1 saturated heterocycles. The molecule has 0 N–H and O–H groups in total. The Kier molecular flexibility index (Phi) is 9.83. The van der Waals surface area contributed by atoms with Gasteiger partial charge in [0.2, 0.25) is 0 Å². The molecule has 142 valence electrons. The van der Waals surface area contributed by atoms with Gasteiger partial charge in [0.1, 0.15) is 5.82 Å². The smallest absolute Gasteiger partial charge is 0.320 e. The average molecular weight is 372 g/mol. The first kappa shape index (κ1) is 21.7. The van der Waals surface area contributed by atoms with E-state index >= 15 is 0 Å². The predicted octanol–water partition coefficient (Wildman–Crippen LogP) is 3.65. The molecule has 4 nitrogen and oxygen atoms in total. The molecule has 1 aromatic carbocycles. The Hall–Kier alpha value is -1.33. The predicted molar refractivity (Wildman–Crippen MR) is 103 cm³/mol. The fourth-order valence-electron chi connectivity index (χ4n) is 3.17. The second-order valence-corrected chi connectivity index (χ2v) is 6.37. The summed E-state index contributed by atoms with van der Waals surface area (Å²) in [5.41, 5.74) is 1.20. The summed E-state index contributed by atoms with van der Waals surface area (Å²) >= 11 is 0. The zero-order valence-electron chi connectivity index (χ0n) is 15.4. The topological polar surface area (TPSA) is 26.8 Å². The highest BCUT2D eigenvalue weighted by Crippen LogP contribution is 2.10. The molecule has 0 spiro atoms. The molecule has 25 heavy (non-hydrogen) atoms. The van der Waals surface area contributed by atoms with Crippen LogP contribution in [-0.4, -0.2) is 66.5 Å². The Morgan fingerprint density at radius 2 is 1.64 bits per heavy atom. The van der Waals surface area contributed by atoms with Crippen LogP contribution in [0.2, 0.25) is 0 Å². The molecule has 0 aliphatic carbocycles. The van der Waals surface area contributed by atoms with Gasteiger partial charge in [0.25, 0.3) is 0 Å². The number of hydrogen-bond donors (Lipinski definition) is 0. The first-order chi connectivity index (χ1) is 11.6. The lowest BCUT2D eigenvalue weighted by Gasteiger charge is -2.37. The lowest BCUT2D eigenvalue weighted by atomic mass is 10.1. The average Bonchev–Trinajstić information content (AvgIpc) is 2.62. The van der Waals surface area contributed by atoms with E-state index in [-0.39, 0.29) is 24.3 Å². The summed E-state index contributed by atoms with van der Waals surface area (Å²) in [5.74, 6) is -0.170. The molecule has 0 unspecified atom stereocenters. The van der Waals surface area contributed by atoms with E-state index in [9.17, 15) is 9.18 Å². The van der Waals surface area contributed by atoms with E-state index < -0.39 is 0 Å². The second-order valence-electron chi connectivity index (χ2n) is 6.37. The van der Waals surface area contributed by atoms with E-state index in [2.05, 4.69) is 4.90 Å². The normalized spacial score (nSPS) is 14.9. The summed E-state index contributed by atoms with van der Waals surface area (Å²) in [6.07, 6.45) is 3.26. The summed E-state index contributed by atoms with van der Waals surface area (Å²) in [6.45, 7) is 10.3. The summed E-state index contributed by atoms with van der Waals surface area (Å²) in [7, 11) is 0. The van der Waals surface area contributed by atoms with E-state index in [1.54, 1.807) is 0 Å². The van der Waals surface area contributed by atoms with Gasteiger partial charge in [-0.3, -0.25) is 4.90 Å². The lowest BCUT2D eigenvalue weighted by Crippen LogP contribution is -2.52. The van der Waals surface area contributed by atoms with Crippen molar-refractivity contribution >= 4 is 18.4 Å². The standard InChI is InChI=1S/C19H30FN3O.ClH/c1-3-22(4-2)19(24)23-15-13-21(14-16-23)12-6-5-7-17-8-10-18(20)11-9-17;/h8-11H,3-7,12-16H2,1-2H3;1H. The van der Waals surface area contributed by atoms with Gasteiger partial charge < -0.3 is 9.80 Å². The highest BCUT2D eigenvalue weighted by Gasteiger charge is 2.23. The molecule has 1 aliphatic rings. The number of benzene rings is 1. The van der Waals surface area contributed by atoms with Crippen molar-refractivity contribution in [2.24, 2.45) is 0 Å². The Morgan fingerprint density at radius 3 is 2.20 bits per heavy atom. The van der Waals surface area contributed by atoms with Gasteiger partial charge in [0.15, 0.2) is 0 Å². The van der Waals surface area contributed by atoms with Gasteiger partial charge in [-0.25, -0.2) is 9.18 Å². The van der Waals surface area contributed by atoms with Gasteiger partial charge >= 0.3 is 6.03 Å². The van der Waals surface area contributed by atoms with Gasteiger partial charge in [0, 0.05) is 39.3 Å². The third-order valence-electron chi connectivity index (χ3n) is 4.78. The van der Waals surface area contributed by atoms with Gasteiger partial charge in [-0.1, -0.05) is 12.1 Å². The molecule has 2 amide bonds. The van der Waals surface area contributed by atoms with Crippen molar-refractivity contribution in [3.63, 3.8) is 0 Å². The fraction of sp³-hybridized carbons (Fsp3) is 0.632. The molecule has 1 aromatic rings. The Morgan fingerprint density at radius 1 is 1.04 bits per heavy atom. The molecule has 1 fully saturated rings. The number of halogens is 2. The van der Waals surface area contributed by atoms with Crippen LogP contribution in [0.3, 0.4) is 0 Å². The number of hydrogen-bond acceptors (Lipinski definition) is 2. The largest absolute Gasteiger partial charge is 0.325 e. The molecule has 1 heterocycles. The number of carbonyl (C=O) groups is 1. The first-order valence-electron chi connectivity index (χ1n) is 9.14. The van der Waals surface area contributed by atoms with Gasteiger partial charge in [-0.2, -0.15) is 0 Å². The van der Waals surface area contributed by atoms with Crippen molar-refractivity contribution in [3.8, 4) is 0 Å². The number of amides is 2. The van der Waals surface area contributed by atoms with E-state index in [0.29, 0.717) is 0 Å². The summed E-state index contributed by atoms with van der Waals surface area (Å²) in [4.78, 5) is 18.6. The number of unbranched alkanes of at least 4 members (excludes halogenated alkanes) is 1. The quantitative estimate of drug-likeness (QED) is 0.684. The molecule has 0 radical (unpaired) electrons.